The van der Waals surface area contributed by atoms with Gasteiger partial charge in [0.05, 0.1) is 11.7 Å². The van der Waals surface area contributed by atoms with E-state index < -0.39 is 0 Å². The molecule has 0 amide bonds. The second kappa shape index (κ2) is 5.80. The van der Waals surface area contributed by atoms with Crippen LogP contribution in [0.25, 0.3) is 10.8 Å². The highest BCUT2D eigenvalue weighted by Gasteiger charge is 2.16. The second-order valence-corrected chi connectivity index (χ2v) is 4.69. The van der Waals surface area contributed by atoms with Gasteiger partial charge in [0.25, 0.3) is 0 Å². The van der Waals surface area contributed by atoms with E-state index in [1.54, 1.807) is 0 Å². The van der Waals surface area contributed by atoms with Crippen LogP contribution in [0.5, 0.6) is 0 Å². The van der Waals surface area contributed by atoms with Crippen LogP contribution in [0, 0.1) is 0 Å². The van der Waals surface area contributed by atoms with Crippen molar-refractivity contribution in [3.8, 4) is 0 Å². The molecule has 0 spiro atoms. The van der Waals surface area contributed by atoms with Gasteiger partial charge in [-0.15, -0.1) is 0 Å². The summed E-state index contributed by atoms with van der Waals surface area (Å²) in [6.07, 6.45) is 5.58. The number of benzene rings is 1. The maximum Gasteiger partial charge on any atom is 0.0757 e. The van der Waals surface area contributed by atoms with Crippen LogP contribution in [0.3, 0.4) is 0 Å². The Morgan fingerprint density at radius 3 is 2.80 bits per heavy atom. The lowest BCUT2D eigenvalue weighted by atomic mass is 9.97. The first kappa shape index (κ1) is 12.8. The first-order valence-electron chi connectivity index (χ1n) is 6.87. The van der Waals surface area contributed by atoms with Crippen molar-refractivity contribution in [1.29, 1.82) is 0 Å². The molecule has 3 aromatic rings. The summed E-state index contributed by atoms with van der Waals surface area (Å²) in [5.74, 6) is 0. The minimum Gasteiger partial charge on any atom is -0.305 e. The first-order valence-corrected chi connectivity index (χ1v) is 6.87. The van der Waals surface area contributed by atoms with Crippen molar-refractivity contribution in [3.05, 3.63) is 72.3 Å². The Bertz CT molecular complexity index is 689. The Hall–Kier alpha value is -2.26. The number of fused-ring (bicyclic) bond motifs is 1. The number of nitrogens with zero attached hydrogens (tertiary/aromatic N) is 2. The summed E-state index contributed by atoms with van der Waals surface area (Å²) in [7, 11) is 0. The number of hydrogen-bond donors (Lipinski definition) is 1. The van der Waals surface area contributed by atoms with Gasteiger partial charge in [-0.1, -0.05) is 31.2 Å². The summed E-state index contributed by atoms with van der Waals surface area (Å²) in [6.45, 7) is 3.01. The number of pyridine rings is 2. The lowest BCUT2D eigenvalue weighted by Crippen LogP contribution is -2.23. The normalized spacial score (nSPS) is 12.4. The summed E-state index contributed by atoms with van der Waals surface area (Å²) in [5, 5.41) is 5.90. The maximum absolute atomic E-state index is 4.50. The maximum atomic E-state index is 4.50. The van der Waals surface area contributed by atoms with Crippen LogP contribution < -0.4 is 5.32 Å². The third kappa shape index (κ3) is 2.40. The van der Waals surface area contributed by atoms with Crippen LogP contribution >= 0.6 is 0 Å². The molecule has 3 nitrogen and oxygen atoms in total. The van der Waals surface area contributed by atoms with Gasteiger partial charge in [0.1, 0.15) is 0 Å². The fourth-order valence-electron chi connectivity index (χ4n) is 2.52. The monoisotopic (exact) mass is 263 g/mol. The number of rotatable bonds is 4. The lowest BCUT2D eigenvalue weighted by Gasteiger charge is -2.19. The molecule has 3 rings (SSSR count). The van der Waals surface area contributed by atoms with Crippen molar-refractivity contribution >= 4 is 10.8 Å². The van der Waals surface area contributed by atoms with Gasteiger partial charge in [0.15, 0.2) is 0 Å². The zero-order chi connectivity index (χ0) is 13.8. The van der Waals surface area contributed by atoms with Gasteiger partial charge >= 0.3 is 0 Å². The smallest absolute Gasteiger partial charge is 0.0757 e. The molecule has 0 fully saturated rings. The van der Waals surface area contributed by atoms with Crippen molar-refractivity contribution < 1.29 is 0 Å². The molecular weight excluding hydrogens is 246 g/mol. The molecule has 3 heteroatoms. The molecule has 2 aromatic heterocycles. The molecule has 1 N–H and O–H groups in total. The molecule has 0 aliphatic heterocycles. The number of aromatic nitrogens is 2. The average Bonchev–Trinajstić information content (AvgIpc) is 2.53. The minimum atomic E-state index is 0.104. The summed E-state index contributed by atoms with van der Waals surface area (Å²) in [6, 6.07) is 14.5. The quantitative estimate of drug-likeness (QED) is 0.784. The molecule has 0 radical (unpaired) electrons. The molecule has 0 aliphatic rings. The fraction of sp³-hybridized carbons (Fsp3) is 0.176. The SMILES string of the molecule is CCNC(c1ccccn1)c1cccc2cnccc12. The van der Waals surface area contributed by atoms with Gasteiger partial charge in [-0.05, 0) is 35.7 Å². The highest BCUT2D eigenvalue weighted by molar-refractivity contribution is 5.85. The molecule has 1 unspecified atom stereocenters. The molecule has 0 saturated heterocycles. The molecule has 1 aromatic carbocycles. The Morgan fingerprint density at radius 2 is 2.00 bits per heavy atom. The Kier molecular flexibility index (Phi) is 3.70. The topological polar surface area (TPSA) is 37.8 Å². The fourth-order valence-corrected chi connectivity index (χ4v) is 2.52. The predicted molar refractivity (Wildman–Crippen MR) is 81.5 cm³/mol. The van der Waals surface area contributed by atoms with Gasteiger partial charge < -0.3 is 5.32 Å². The molecule has 0 aliphatic carbocycles. The van der Waals surface area contributed by atoms with Gasteiger partial charge in [-0.25, -0.2) is 0 Å². The van der Waals surface area contributed by atoms with Gasteiger partial charge in [-0.3, -0.25) is 9.97 Å². The third-order valence-corrected chi connectivity index (χ3v) is 3.42. The molecule has 0 bridgehead atoms. The number of hydrogen-bond acceptors (Lipinski definition) is 3. The van der Waals surface area contributed by atoms with Gasteiger partial charge in [-0.2, -0.15) is 0 Å². The third-order valence-electron chi connectivity index (χ3n) is 3.42. The van der Waals surface area contributed by atoms with E-state index in [4.69, 9.17) is 0 Å². The van der Waals surface area contributed by atoms with E-state index in [2.05, 4.69) is 52.5 Å². The highest BCUT2D eigenvalue weighted by atomic mass is 14.9. The van der Waals surface area contributed by atoms with Crippen molar-refractivity contribution in [3.63, 3.8) is 0 Å². The lowest BCUT2D eigenvalue weighted by molar-refractivity contribution is 0.619. The summed E-state index contributed by atoms with van der Waals surface area (Å²) < 4.78 is 0. The van der Waals surface area contributed by atoms with Crippen LogP contribution in [0.2, 0.25) is 0 Å². The summed E-state index contributed by atoms with van der Waals surface area (Å²) >= 11 is 0. The van der Waals surface area contributed by atoms with Crippen molar-refractivity contribution in [2.24, 2.45) is 0 Å². The van der Waals surface area contributed by atoms with Crippen LogP contribution in [-0.2, 0) is 0 Å². The molecule has 100 valence electrons. The van der Waals surface area contributed by atoms with Gasteiger partial charge in [0, 0.05) is 24.0 Å². The van der Waals surface area contributed by atoms with Crippen molar-refractivity contribution in [2.75, 3.05) is 6.54 Å². The van der Waals surface area contributed by atoms with E-state index >= 15 is 0 Å². The standard InChI is InChI=1S/C17H17N3/c1-2-19-17(16-8-3-4-10-20-16)15-7-5-6-13-12-18-11-9-14(13)15/h3-12,17,19H,2H2,1H3. The Morgan fingerprint density at radius 1 is 1.05 bits per heavy atom. The summed E-state index contributed by atoms with van der Waals surface area (Å²) in [4.78, 5) is 8.70. The molecular formula is C17H17N3. The van der Waals surface area contributed by atoms with E-state index in [1.165, 1.54) is 10.9 Å². The summed E-state index contributed by atoms with van der Waals surface area (Å²) in [5.41, 5.74) is 2.28. The van der Waals surface area contributed by atoms with E-state index in [1.807, 2.05) is 30.7 Å². The number of nitrogens with one attached hydrogen (secondary N) is 1. The molecule has 0 saturated carbocycles. The zero-order valence-corrected chi connectivity index (χ0v) is 11.5. The Balaban J connectivity index is 2.15. The largest absolute Gasteiger partial charge is 0.305 e. The minimum absolute atomic E-state index is 0.104. The zero-order valence-electron chi connectivity index (χ0n) is 11.5. The second-order valence-electron chi connectivity index (χ2n) is 4.69. The van der Waals surface area contributed by atoms with Crippen LogP contribution in [0.1, 0.15) is 24.2 Å². The van der Waals surface area contributed by atoms with E-state index in [9.17, 15) is 0 Å². The average molecular weight is 263 g/mol. The van der Waals surface area contributed by atoms with E-state index in [0.29, 0.717) is 0 Å². The van der Waals surface area contributed by atoms with Crippen LogP contribution in [-0.4, -0.2) is 16.5 Å². The molecule has 1 atom stereocenters. The Labute approximate surface area is 118 Å². The van der Waals surface area contributed by atoms with Crippen molar-refractivity contribution in [2.45, 2.75) is 13.0 Å². The van der Waals surface area contributed by atoms with E-state index in [0.717, 1.165) is 17.6 Å². The molecule has 2 heterocycles. The van der Waals surface area contributed by atoms with Crippen molar-refractivity contribution in [1.82, 2.24) is 15.3 Å². The predicted octanol–water partition coefficient (Wildman–Crippen LogP) is 3.33. The first-order chi connectivity index (χ1) is 9.90. The van der Waals surface area contributed by atoms with Crippen LogP contribution in [0.4, 0.5) is 0 Å². The van der Waals surface area contributed by atoms with Gasteiger partial charge in [0.2, 0.25) is 0 Å². The highest BCUT2D eigenvalue weighted by Crippen LogP contribution is 2.27. The molecule has 20 heavy (non-hydrogen) atoms. The van der Waals surface area contributed by atoms with Crippen LogP contribution in [0.15, 0.2) is 61.1 Å². The van der Waals surface area contributed by atoms with E-state index in [-0.39, 0.29) is 6.04 Å².